The maximum Gasteiger partial charge on any atom is 0.0729 e. The number of fused-ring (bicyclic) bond motifs is 1. The highest BCUT2D eigenvalue weighted by atomic mass is 16.5. The van der Waals surface area contributed by atoms with Gasteiger partial charge in [-0.25, -0.2) is 0 Å². The number of nitrogens with zero attached hydrogens (tertiary/aromatic N) is 1. The minimum Gasteiger partial charge on any atom is -0.380 e. The molecule has 0 bridgehead atoms. The van der Waals surface area contributed by atoms with Crippen molar-refractivity contribution in [1.82, 2.24) is 4.90 Å². The second-order valence-corrected chi connectivity index (χ2v) is 4.58. The molecule has 1 aliphatic heterocycles. The zero-order chi connectivity index (χ0) is 9.26. The molecule has 1 aliphatic carbocycles. The van der Waals surface area contributed by atoms with Gasteiger partial charge in [0.05, 0.1) is 6.10 Å². The van der Waals surface area contributed by atoms with Crippen LogP contribution >= 0.6 is 0 Å². The van der Waals surface area contributed by atoms with Crippen LogP contribution in [0.4, 0.5) is 0 Å². The number of ether oxygens (including phenoxy) is 1. The van der Waals surface area contributed by atoms with Gasteiger partial charge in [-0.2, -0.15) is 0 Å². The maximum atomic E-state index is 5.59. The van der Waals surface area contributed by atoms with E-state index < -0.39 is 0 Å². The molecule has 0 radical (unpaired) electrons. The summed E-state index contributed by atoms with van der Waals surface area (Å²) >= 11 is 0. The van der Waals surface area contributed by atoms with Gasteiger partial charge in [0.1, 0.15) is 0 Å². The zero-order valence-electron chi connectivity index (χ0n) is 8.83. The van der Waals surface area contributed by atoms with Crippen LogP contribution in [-0.4, -0.2) is 37.7 Å². The molecule has 2 heteroatoms. The number of likely N-dealkylation sites (N-methyl/N-ethyl adjacent to an activating group) is 1. The molecule has 0 spiro atoms. The second-order valence-electron chi connectivity index (χ2n) is 4.58. The molecule has 1 saturated heterocycles. The van der Waals surface area contributed by atoms with Crippen molar-refractivity contribution in [2.45, 2.75) is 44.2 Å². The van der Waals surface area contributed by atoms with Crippen molar-refractivity contribution in [3.8, 4) is 0 Å². The number of rotatable bonds is 1. The Morgan fingerprint density at radius 3 is 2.69 bits per heavy atom. The number of likely N-dealkylation sites (tertiary alicyclic amines) is 1. The minimum atomic E-state index is 0.504. The number of piperidine rings is 1. The molecule has 13 heavy (non-hydrogen) atoms. The SMILES string of the molecule is COC1CCCC2CCCN(C)C21. The summed E-state index contributed by atoms with van der Waals surface area (Å²) in [6.45, 7) is 1.26. The Labute approximate surface area is 81.3 Å². The van der Waals surface area contributed by atoms with E-state index in [1.165, 1.54) is 38.6 Å². The fourth-order valence-electron chi connectivity index (χ4n) is 3.19. The number of hydrogen-bond acceptors (Lipinski definition) is 2. The van der Waals surface area contributed by atoms with Gasteiger partial charge in [-0.05, 0) is 45.2 Å². The molecular weight excluding hydrogens is 162 g/mol. The Hall–Kier alpha value is -0.0800. The van der Waals surface area contributed by atoms with Gasteiger partial charge in [0.25, 0.3) is 0 Å². The lowest BCUT2D eigenvalue weighted by atomic mass is 9.77. The molecule has 0 aromatic rings. The van der Waals surface area contributed by atoms with E-state index in [-0.39, 0.29) is 0 Å². The first-order valence-electron chi connectivity index (χ1n) is 5.56. The van der Waals surface area contributed by atoms with Gasteiger partial charge < -0.3 is 9.64 Å². The largest absolute Gasteiger partial charge is 0.380 e. The molecule has 3 unspecified atom stereocenters. The standard InChI is InChI=1S/C11H21NO/c1-12-8-4-6-9-5-3-7-10(13-2)11(9)12/h9-11H,3-8H2,1-2H3. The minimum absolute atomic E-state index is 0.504. The molecule has 3 atom stereocenters. The van der Waals surface area contributed by atoms with Crippen LogP contribution in [0.2, 0.25) is 0 Å². The van der Waals surface area contributed by atoms with Gasteiger partial charge in [-0.15, -0.1) is 0 Å². The molecule has 1 saturated carbocycles. The number of hydrogen-bond donors (Lipinski definition) is 0. The third kappa shape index (κ3) is 1.75. The van der Waals surface area contributed by atoms with Gasteiger partial charge in [0.15, 0.2) is 0 Å². The maximum absolute atomic E-state index is 5.59. The van der Waals surface area contributed by atoms with Gasteiger partial charge in [0, 0.05) is 13.2 Å². The Kier molecular flexibility index (Phi) is 2.89. The lowest BCUT2D eigenvalue weighted by Crippen LogP contribution is -2.52. The van der Waals surface area contributed by atoms with E-state index in [1.54, 1.807) is 0 Å². The summed E-state index contributed by atoms with van der Waals surface area (Å²) in [7, 11) is 4.13. The quantitative estimate of drug-likeness (QED) is 0.615. The zero-order valence-corrected chi connectivity index (χ0v) is 8.83. The summed E-state index contributed by atoms with van der Waals surface area (Å²) in [6.07, 6.45) is 7.37. The van der Waals surface area contributed by atoms with E-state index in [0.29, 0.717) is 12.1 Å². The molecule has 0 aromatic carbocycles. The van der Waals surface area contributed by atoms with Gasteiger partial charge in [-0.3, -0.25) is 0 Å². The van der Waals surface area contributed by atoms with Crippen LogP contribution in [0.15, 0.2) is 0 Å². The van der Waals surface area contributed by atoms with Gasteiger partial charge in [-0.1, -0.05) is 6.42 Å². The Morgan fingerprint density at radius 1 is 1.15 bits per heavy atom. The van der Waals surface area contributed by atoms with Crippen molar-refractivity contribution in [2.75, 3.05) is 20.7 Å². The summed E-state index contributed by atoms with van der Waals surface area (Å²) in [5.41, 5.74) is 0. The third-order valence-electron chi connectivity index (χ3n) is 3.82. The fraction of sp³-hybridized carbons (Fsp3) is 1.00. The third-order valence-corrected chi connectivity index (χ3v) is 3.82. The van der Waals surface area contributed by atoms with Crippen LogP contribution in [0.25, 0.3) is 0 Å². The summed E-state index contributed by atoms with van der Waals surface area (Å²) in [4.78, 5) is 2.52. The average Bonchev–Trinajstić information content (AvgIpc) is 2.17. The van der Waals surface area contributed by atoms with Crippen LogP contribution in [0, 0.1) is 5.92 Å². The molecule has 0 amide bonds. The lowest BCUT2D eigenvalue weighted by Gasteiger charge is -2.46. The molecule has 0 N–H and O–H groups in total. The van der Waals surface area contributed by atoms with E-state index in [9.17, 15) is 0 Å². The van der Waals surface area contributed by atoms with Gasteiger partial charge in [0.2, 0.25) is 0 Å². The van der Waals surface area contributed by atoms with Crippen molar-refractivity contribution in [3.05, 3.63) is 0 Å². The van der Waals surface area contributed by atoms with E-state index >= 15 is 0 Å². The predicted molar refractivity (Wildman–Crippen MR) is 53.8 cm³/mol. The van der Waals surface area contributed by atoms with Crippen molar-refractivity contribution < 1.29 is 4.74 Å². The van der Waals surface area contributed by atoms with Crippen LogP contribution < -0.4 is 0 Å². The topological polar surface area (TPSA) is 12.5 Å². The highest BCUT2D eigenvalue weighted by Crippen LogP contribution is 2.35. The first-order valence-corrected chi connectivity index (χ1v) is 5.56. The van der Waals surface area contributed by atoms with Crippen molar-refractivity contribution in [2.24, 2.45) is 5.92 Å². The first kappa shape index (κ1) is 9.47. The van der Waals surface area contributed by atoms with Crippen LogP contribution in [0.5, 0.6) is 0 Å². The van der Waals surface area contributed by atoms with Crippen molar-refractivity contribution >= 4 is 0 Å². The Balaban J connectivity index is 2.07. The summed E-state index contributed by atoms with van der Waals surface area (Å²) in [5.74, 6) is 0.914. The fourth-order valence-corrected chi connectivity index (χ4v) is 3.19. The molecule has 2 aliphatic rings. The first-order chi connectivity index (χ1) is 6.33. The Morgan fingerprint density at radius 2 is 1.92 bits per heavy atom. The summed E-state index contributed by atoms with van der Waals surface area (Å²) in [5, 5.41) is 0. The Bertz CT molecular complexity index is 163. The van der Waals surface area contributed by atoms with E-state index in [0.717, 1.165) is 5.92 Å². The van der Waals surface area contributed by atoms with Crippen molar-refractivity contribution in [1.29, 1.82) is 0 Å². The molecule has 2 fully saturated rings. The smallest absolute Gasteiger partial charge is 0.0729 e. The van der Waals surface area contributed by atoms with E-state index in [1.807, 2.05) is 7.11 Å². The molecule has 1 heterocycles. The van der Waals surface area contributed by atoms with Crippen LogP contribution in [-0.2, 0) is 4.74 Å². The van der Waals surface area contributed by atoms with E-state index in [4.69, 9.17) is 4.74 Å². The normalized spacial score (nSPS) is 41.5. The highest BCUT2D eigenvalue weighted by molar-refractivity contribution is 4.91. The molecular formula is C11H21NO. The highest BCUT2D eigenvalue weighted by Gasteiger charge is 2.37. The molecule has 2 rings (SSSR count). The van der Waals surface area contributed by atoms with Gasteiger partial charge >= 0.3 is 0 Å². The number of methoxy groups -OCH3 is 1. The average molecular weight is 183 g/mol. The summed E-state index contributed by atoms with van der Waals surface area (Å²) in [6, 6.07) is 0.715. The van der Waals surface area contributed by atoms with E-state index in [2.05, 4.69) is 11.9 Å². The summed E-state index contributed by atoms with van der Waals surface area (Å²) < 4.78 is 5.59. The lowest BCUT2D eigenvalue weighted by molar-refractivity contribution is -0.0470. The monoisotopic (exact) mass is 183 g/mol. The molecule has 0 aromatic heterocycles. The molecule has 2 nitrogen and oxygen atoms in total. The van der Waals surface area contributed by atoms with Crippen LogP contribution in [0.3, 0.4) is 0 Å². The second kappa shape index (κ2) is 3.97. The van der Waals surface area contributed by atoms with Crippen LogP contribution in [0.1, 0.15) is 32.1 Å². The predicted octanol–water partition coefficient (Wildman–Crippen LogP) is 1.90. The van der Waals surface area contributed by atoms with Crippen molar-refractivity contribution in [3.63, 3.8) is 0 Å². The molecule has 76 valence electrons.